The van der Waals surface area contributed by atoms with Gasteiger partial charge in [0.2, 0.25) is 65.0 Å². The van der Waals surface area contributed by atoms with Crippen LogP contribution in [-0.2, 0) is 76.5 Å². The number of amides is 13. The van der Waals surface area contributed by atoms with Crippen LogP contribution in [0.25, 0.3) is 10.9 Å². The number of ether oxygens (including phenoxy) is 1. The predicted octanol–water partition coefficient (Wildman–Crippen LogP) is -4.86. The lowest BCUT2D eigenvalue weighted by molar-refractivity contribution is -0.144. The van der Waals surface area contributed by atoms with Crippen molar-refractivity contribution in [1.82, 2.24) is 68.0 Å². The quantitative estimate of drug-likeness (QED) is 0.0492. The van der Waals surface area contributed by atoms with Gasteiger partial charge in [-0.3, -0.25) is 56.9 Å². The number of unbranched alkanes of at least 4 members (excludes halogenated alkanes) is 4. The number of carbonyl (C=O) groups excluding carboxylic acids is 12. The van der Waals surface area contributed by atoms with E-state index >= 15 is 4.21 Å². The molecule has 2 aromatic rings. The van der Waals surface area contributed by atoms with Crippen molar-refractivity contribution >= 4 is 92.7 Å². The van der Waals surface area contributed by atoms with Crippen molar-refractivity contribution in [2.45, 2.75) is 164 Å². The molecule has 3 aliphatic heterocycles. The van der Waals surface area contributed by atoms with Gasteiger partial charge in [0, 0.05) is 70.4 Å². The van der Waals surface area contributed by atoms with Gasteiger partial charge in [0.25, 0.3) is 0 Å². The Hall–Kier alpha value is -7.97. The highest BCUT2D eigenvalue weighted by atomic mass is 32.2. The van der Waals surface area contributed by atoms with Gasteiger partial charge in [0.15, 0.2) is 0 Å². The van der Waals surface area contributed by atoms with Gasteiger partial charge in [0.05, 0.1) is 67.5 Å². The van der Waals surface area contributed by atoms with Gasteiger partial charge in [-0.1, -0.05) is 40.0 Å². The summed E-state index contributed by atoms with van der Waals surface area (Å²) in [5.74, 6) is -12.3. The smallest absolute Gasteiger partial charge is 0.314 e. The normalized spacial score (nSPS) is 24.0. The fourth-order valence-corrected chi connectivity index (χ4v) is 12.2. The van der Waals surface area contributed by atoms with Crippen LogP contribution in [0.2, 0.25) is 0 Å². The highest BCUT2D eigenvalue weighted by Gasteiger charge is 2.45. The van der Waals surface area contributed by atoms with E-state index in [4.69, 9.17) is 10.5 Å². The summed E-state index contributed by atoms with van der Waals surface area (Å²) in [7, 11) is 0.431. The third-order valence-electron chi connectivity index (χ3n) is 15.7. The SMILES string of the molecule is CCC(C)C1NC(=O)CNC(=O)C2Cc3c(n(CCCCCCNC(=O)NCCCCC(NC(C)=O)C(=O)NC)c4cc(OC)ccc34)S(=O)CC(NC(=O)CNC1=O)C(=O)NC(CC(N)=O)C(=O)N1CC(O)CC1C(=O)NC(C(C)C(O)CO)C(=O)N2. The first-order valence-corrected chi connectivity index (χ1v) is 30.8. The highest BCUT2D eigenvalue weighted by molar-refractivity contribution is 7.85. The molecule has 0 saturated carbocycles. The van der Waals surface area contributed by atoms with Crippen molar-refractivity contribution in [3.8, 4) is 5.75 Å². The second-order valence-corrected chi connectivity index (χ2v) is 23.7. The average Bonchev–Trinajstić information content (AvgIpc) is 1.67. The predicted molar refractivity (Wildman–Crippen MR) is 316 cm³/mol. The topological polar surface area (TPSA) is 458 Å². The molecule has 5 rings (SSSR count). The van der Waals surface area contributed by atoms with Gasteiger partial charge in [-0.15, -0.1) is 0 Å². The summed E-state index contributed by atoms with van der Waals surface area (Å²) in [6.45, 7) is 3.69. The van der Waals surface area contributed by atoms with Gasteiger partial charge in [-0.2, -0.15) is 0 Å². The summed E-state index contributed by atoms with van der Waals surface area (Å²) in [5.41, 5.74) is 6.15. The average molecular weight is 1260 g/mol. The highest BCUT2D eigenvalue weighted by Crippen LogP contribution is 2.34. The molecular weight excluding hydrogens is 1170 g/mol. The molecule has 1 aromatic heterocycles. The fourth-order valence-electron chi connectivity index (χ4n) is 10.6. The van der Waals surface area contributed by atoms with Crippen LogP contribution in [0.1, 0.15) is 97.5 Å². The Morgan fingerprint density at radius 1 is 0.818 bits per heavy atom. The van der Waals surface area contributed by atoms with E-state index in [0.717, 1.165) is 4.90 Å². The monoisotopic (exact) mass is 1260 g/mol. The molecule has 2 bridgehead atoms. The molecule has 488 valence electrons. The number of fused-ring (bicyclic) bond motifs is 5. The maximum absolute atomic E-state index is 15.7. The molecule has 4 heterocycles. The molecule has 0 spiro atoms. The van der Waals surface area contributed by atoms with Crippen molar-refractivity contribution in [1.29, 1.82) is 0 Å². The van der Waals surface area contributed by atoms with Crippen molar-refractivity contribution in [2.24, 2.45) is 17.6 Å². The zero-order chi connectivity index (χ0) is 64.9. The van der Waals surface area contributed by atoms with Crippen molar-refractivity contribution in [3.05, 3.63) is 23.8 Å². The maximum Gasteiger partial charge on any atom is 0.314 e. The Morgan fingerprint density at radius 2 is 1.48 bits per heavy atom. The number of hydrogen-bond donors (Lipinski definition) is 15. The van der Waals surface area contributed by atoms with Gasteiger partial charge in [-0.05, 0) is 55.7 Å². The Labute approximate surface area is 511 Å². The van der Waals surface area contributed by atoms with Crippen LogP contribution >= 0.6 is 0 Å². The number of benzene rings is 1. The maximum atomic E-state index is 15.7. The summed E-state index contributed by atoms with van der Waals surface area (Å²) >= 11 is 0. The minimum Gasteiger partial charge on any atom is -0.497 e. The first-order valence-electron chi connectivity index (χ1n) is 29.5. The van der Waals surface area contributed by atoms with Crippen LogP contribution < -0.4 is 69.0 Å². The van der Waals surface area contributed by atoms with Gasteiger partial charge in [0.1, 0.15) is 53.1 Å². The van der Waals surface area contributed by atoms with E-state index in [0.29, 0.717) is 81.1 Å². The molecule has 1 saturated heterocycles. The first kappa shape index (κ1) is 70.8. The molecule has 1 aromatic carbocycles. The number of nitrogens with zero attached hydrogens (tertiary/aromatic N) is 2. The lowest BCUT2D eigenvalue weighted by Gasteiger charge is -2.33. The van der Waals surface area contributed by atoms with Crippen molar-refractivity contribution < 1.29 is 81.8 Å². The Bertz CT molecular complexity index is 2910. The number of likely N-dealkylation sites (N-methyl/N-ethyl adjacent to an activating group) is 1. The molecule has 1 fully saturated rings. The van der Waals surface area contributed by atoms with Gasteiger partial charge < -0.3 is 93.7 Å². The summed E-state index contributed by atoms with van der Waals surface area (Å²) in [5, 5.41) is 60.6. The lowest BCUT2D eigenvalue weighted by Crippen LogP contribution is -2.62. The molecule has 32 heteroatoms. The lowest BCUT2D eigenvalue weighted by atomic mass is 9.93. The minimum atomic E-state index is -2.45. The summed E-state index contributed by atoms with van der Waals surface area (Å²) in [4.78, 5) is 165. The number of aliphatic hydroxyl groups excluding tert-OH is 3. The minimum absolute atomic E-state index is 0.0304. The number of aliphatic hydroxyl groups is 3. The molecule has 31 nitrogen and oxygen atoms in total. The zero-order valence-corrected chi connectivity index (χ0v) is 51.3. The van der Waals surface area contributed by atoms with E-state index in [1.807, 2.05) is 0 Å². The summed E-state index contributed by atoms with van der Waals surface area (Å²) < 4.78 is 23.0. The van der Waals surface area contributed by atoms with Crippen LogP contribution in [-0.4, -0.2) is 214 Å². The number of nitrogens with two attached hydrogens (primary N) is 1. The fraction of sp³-hybridized carbons (Fsp3) is 0.643. The number of aromatic nitrogens is 1. The number of carbonyl (C=O) groups is 12. The molecule has 3 aliphatic rings. The third-order valence-corrected chi connectivity index (χ3v) is 17.3. The molecular formula is C56H86N14O17S. The summed E-state index contributed by atoms with van der Waals surface area (Å²) in [6.07, 6.45) is -1.10. The van der Waals surface area contributed by atoms with Gasteiger partial charge >= 0.3 is 6.03 Å². The molecule has 12 atom stereocenters. The molecule has 0 radical (unpaired) electrons. The van der Waals surface area contributed by atoms with E-state index in [1.165, 1.54) is 28.0 Å². The first-order chi connectivity index (χ1) is 41.8. The van der Waals surface area contributed by atoms with E-state index in [1.54, 1.807) is 36.6 Å². The Kier molecular flexibility index (Phi) is 27.3. The van der Waals surface area contributed by atoms with Crippen LogP contribution in [0.15, 0.2) is 23.2 Å². The zero-order valence-electron chi connectivity index (χ0n) is 50.5. The number of methoxy groups -OCH3 is 1. The van der Waals surface area contributed by atoms with E-state index in [-0.39, 0.29) is 28.9 Å². The van der Waals surface area contributed by atoms with Crippen molar-refractivity contribution in [2.75, 3.05) is 59.2 Å². The van der Waals surface area contributed by atoms with E-state index in [2.05, 4.69) is 58.5 Å². The van der Waals surface area contributed by atoms with E-state index in [9.17, 15) is 72.9 Å². The molecule has 12 unspecified atom stereocenters. The molecule has 88 heavy (non-hydrogen) atoms. The number of urea groups is 1. The molecule has 16 N–H and O–H groups in total. The molecule has 0 aliphatic carbocycles. The number of nitrogens with one attached hydrogen (secondary N) is 11. The molecule has 13 amide bonds. The number of aryl methyl sites for hydroxylation is 1. The Balaban J connectivity index is 1.60. The van der Waals surface area contributed by atoms with Crippen molar-refractivity contribution in [3.63, 3.8) is 0 Å². The Morgan fingerprint density at radius 3 is 2.11 bits per heavy atom. The van der Waals surface area contributed by atoms with Crippen LogP contribution in [0, 0.1) is 11.8 Å². The number of rotatable bonds is 22. The standard InChI is InChI=1S/C56H86N14O17S/c1-7-29(2)46-52(82)62-24-44(76)64-39-28-88(86)55-35(34-16-15-33(87-6)21-40(34)69(55)19-13-9-8-11-17-59-56(85)60-18-12-10-14-36(48(78)58-5)63-31(4)72)22-37(49(79)61-25-45(77)67-46)65-53(83)47(30(3)42(74)27-71)68-51(81)41-20-32(73)26-70(41)54(84)38(23-43(57)75)66-50(39)80/h15-16,21,29-30,32,36-39,41-42,46-47,71,73-74H,7-14,17-20,22-28H2,1-6H3,(H2,57,75)(H,58,78)(H,61,79)(H,62,82)(H,63,72)(H,64,76)(H,65,83)(H,66,80)(H,67,77)(H,68,81)(H2,59,60,85). The van der Waals surface area contributed by atoms with Crippen LogP contribution in [0.3, 0.4) is 0 Å². The number of primary amides is 1. The van der Waals surface area contributed by atoms with Gasteiger partial charge in [-0.25, -0.2) is 4.79 Å². The van der Waals surface area contributed by atoms with E-state index < -0.39 is 188 Å². The number of hydrogen-bond acceptors (Lipinski definition) is 17. The second kappa shape index (κ2) is 34.0. The largest absolute Gasteiger partial charge is 0.497 e. The second-order valence-electron chi connectivity index (χ2n) is 22.3. The third kappa shape index (κ3) is 19.8. The van der Waals surface area contributed by atoms with Crippen LogP contribution in [0.5, 0.6) is 5.75 Å². The van der Waals surface area contributed by atoms with Crippen LogP contribution in [0.4, 0.5) is 4.79 Å². The summed E-state index contributed by atoms with van der Waals surface area (Å²) in [6, 6.07) is -6.49.